The Bertz CT molecular complexity index is 1000. The SMILES string of the molecule is Cc1ccc(/C=C2\SC(=S)N(CC(=O)Nc3cccc(C(=O)[O-])c3)C2=O)cc1. The molecule has 0 spiro atoms. The number of nitrogens with one attached hydrogen (secondary N) is 1. The van der Waals surface area contributed by atoms with E-state index < -0.39 is 11.9 Å². The number of carbonyl (C=O) groups is 3. The number of anilines is 1. The van der Waals surface area contributed by atoms with E-state index in [1.807, 2.05) is 31.2 Å². The Morgan fingerprint density at radius 3 is 2.61 bits per heavy atom. The van der Waals surface area contributed by atoms with Crippen LogP contribution in [0.15, 0.2) is 53.4 Å². The minimum Gasteiger partial charge on any atom is -0.545 e. The highest BCUT2D eigenvalue weighted by Crippen LogP contribution is 2.32. The number of benzene rings is 2. The number of carboxylic acid groups (broad SMARTS) is 1. The van der Waals surface area contributed by atoms with Gasteiger partial charge in [-0.3, -0.25) is 14.5 Å². The highest BCUT2D eigenvalue weighted by molar-refractivity contribution is 8.26. The number of hydrogen-bond acceptors (Lipinski definition) is 6. The largest absolute Gasteiger partial charge is 0.545 e. The molecule has 0 bridgehead atoms. The molecule has 1 heterocycles. The van der Waals surface area contributed by atoms with Crippen molar-refractivity contribution >= 4 is 57.8 Å². The van der Waals surface area contributed by atoms with Crippen LogP contribution in [0.2, 0.25) is 0 Å². The monoisotopic (exact) mass is 411 g/mol. The van der Waals surface area contributed by atoms with E-state index in [1.165, 1.54) is 23.1 Å². The molecule has 6 nitrogen and oxygen atoms in total. The van der Waals surface area contributed by atoms with E-state index in [0.717, 1.165) is 22.9 Å². The van der Waals surface area contributed by atoms with Crippen LogP contribution in [0.5, 0.6) is 0 Å². The van der Waals surface area contributed by atoms with Crippen molar-refractivity contribution in [2.24, 2.45) is 0 Å². The average molecular weight is 411 g/mol. The zero-order valence-corrected chi connectivity index (χ0v) is 16.4. The molecular formula is C20H15N2O4S2-. The van der Waals surface area contributed by atoms with E-state index in [0.29, 0.717) is 14.9 Å². The van der Waals surface area contributed by atoms with Crippen molar-refractivity contribution in [3.63, 3.8) is 0 Å². The fourth-order valence-corrected chi connectivity index (χ4v) is 3.77. The summed E-state index contributed by atoms with van der Waals surface area (Å²) < 4.78 is 0.294. The summed E-state index contributed by atoms with van der Waals surface area (Å²) in [4.78, 5) is 37.5. The van der Waals surface area contributed by atoms with Gasteiger partial charge in [-0.15, -0.1) is 0 Å². The second-order valence-corrected chi connectivity index (χ2v) is 7.77. The smallest absolute Gasteiger partial charge is 0.266 e. The van der Waals surface area contributed by atoms with Crippen molar-refractivity contribution in [2.45, 2.75) is 6.92 Å². The molecule has 0 atom stereocenters. The molecule has 0 radical (unpaired) electrons. The third kappa shape index (κ3) is 4.65. The molecule has 1 N–H and O–H groups in total. The fourth-order valence-electron chi connectivity index (χ4n) is 2.52. The van der Waals surface area contributed by atoms with Gasteiger partial charge < -0.3 is 15.2 Å². The average Bonchev–Trinajstić information content (AvgIpc) is 2.91. The molecule has 1 aliphatic heterocycles. The first-order chi connectivity index (χ1) is 13.3. The third-order valence-electron chi connectivity index (χ3n) is 3.93. The van der Waals surface area contributed by atoms with Gasteiger partial charge in [0.1, 0.15) is 10.9 Å². The molecule has 142 valence electrons. The molecule has 3 rings (SSSR count). The minimum atomic E-state index is -1.34. The molecule has 28 heavy (non-hydrogen) atoms. The van der Waals surface area contributed by atoms with Gasteiger partial charge in [0, 0.05) is 5.69 Å². The summed E-state index contributed by atoms with van der Waals surface area (Å²) in [6.07, 6.45) is 1.74. The fraction of sp³-hybridized carbons (Fsp3) is 0.100. The zero-order valence-electron chi connectivity index (χ0n) is 14.8. The van der Waals surface area contributed by atoms with E-state index in [1.54, 1.807) is 12.1 Å². The first-order valence-electron chi connectivity index (χ1n) is 8.27. The first kappa shape index (κ1) is 19.8. The van der Waals surface area contributed by atoms with Crippen LogP contribution in [0.4, 0.5) is 5.69 Å². The Morgan fingerprint density at radius 2 is 1.93 bits per heavy atom. The number of aromatic carboxylic acids is 1. The van der Waals surface area contributed by atoms with E-state index in [-0.39, 0.29) is 18.0 Å². The highest BCUT2D eigenvalue weighted by Gasteiger charge is 2.33. The highest BCUT2D eigenvalue weighted by atomic mass is 32.2. The second-order valence-electron chi connectivity index (χ2n) is 6.09. The summed E-state index contributed by atoms with van der Waals surface area (Å²) in [5.41, 5.74) is 2.23. The molecule has 1 fully saturated rings. The van der Waals surface area contributed by atoms with Crippen LogP contribution in [-0.2, 0) is 9.59 Å². The number of amides is 2. The van der Waals surface area contributed by atoms with E-state index in [2.05, 4.69) is 5.32 Å². The van der Waals surface area contributed by atoms with Crippen LogP contribution < -0.4 is 10.4 Å². The first-order valence-corrected chi connectivity index (χ1v) is 9.49. The van der Waals surface area contributed by atoms with Gasteiger partial charge >= 0.3 is 0 Å². The molecule has 0 aromatic heterocycles. The van der Waals surface area contributed by atoms with Crippen molar-refractivity contribution in [1.29, 1.82) is 0 Å². The van der Waals surface area contributed by atoms with Gasteiger partial charge in [-0.05, 0) is 36.3 Å². The third-order valence-corrected chi connectivity index (χ3v) is 5.31. The summed E-state index contributed by atoms with van der Waals surface area (Å²) in [5, 5.41) is 13.5. The van der Waals surface area contributed by atoms with Gasteiger partial charge in [-0.2, -0.15) is 0 Å². The van der Waals surface area contributed by atoms with E-state index >= 15 is 0 Å². The van der Waals surface area contributed by atoms with Crippen LogP contribution >= 0.6 is 24.0 Å². The maximum Gasteiger partial charge on any atom is 0.266 e. The summed E-state index contributed by atoms with van der Waals surface area (Å²) in [6.45, 7) is 1.72. The van der Waals surface area contributed by atoms with Crippen molar-refractivity contribution in [1.82, 2.24) is 4.90 Å². The Balaban J connectivity index is 1.68. The molecule has 0 saturated carbocycles. The summed E-state index contributed by atoms with van der Waals surface area (Å²) in [7, 11) is 0. The number of thioether (sulfide) groups is 1. The lowest BCUT2D eigenvalue weighted by Gasteiger charge is -2.14. The molecule has 0 unspecified atom stereocenters. The quantitative estimate of drug-likeness (QED) is 0.599. The van der Waals surface area contributed by atoms with Crippen molar-refractivity contribution in [3.8, 4) is 0 Å². The summed E-state index contributed by atoms with van der Waals surface area (Å²) in [6, 6.07) is 13.4. The van der Waals surface area contributed by atoms with Crippen LogP contribution in [-0.4, -0.2) is 33.5 Å². The molecule has 8 heteroatoms. The normalized spacial score (nSPS) is 15.2. The van der Waals surface area contributed by atoms with Crippen LogP contribution in [0.3, 0.4) is 0 Å². The molecule has 1 saturated heterocycles. The Morgan fingerprint density at radius 1 is 1.21 bits per heavy atom. The lowest BCUT2D eigenvalue weighted by Crippen LogP contribution is -2.36. The van der Waals surface area contributed by atoms with Gasteiger partial charge in [-0.25, -0.2) is 0 Å². The second kappa shape index (κ2) is 8.37. The summed E-state index contributed by atoms with van der Waals surface area (Å²) >= 11 is 6.37. The van der Waals surface area contributed by atoms with Crippen LogP contribution in [0.25, 0.3) is 6.08 Å². The standard InChI is InChI=1S/C20H16N2O4S2/c1-12-5-7-13(8-6-12)9-16-18(24)22(20(27)28-16)11-17(23)21-15-4-2-3-14(10-15)19(25)26/h2-10H,11H2,1H3,(H,21,23)(H,25,26)/p-1/b16-9-. The Kier molecular flexibility index (Phi) is 5.91. The van der Waals surface area contributed by atoms with Crippen molar-refractivity contribution in [3.05, 3.63) is 70.1 Å². The maximum atomic E-state index is 12.6. The number of aryl methyl sites for hydroxylation is 1. The molecule has 0 aliphatic carbocycles. The Labute approximate surface area is 171 Å². The van der Waals surface area contributed by atoms with Crippen molar-refractivity contribution < 1.29 is 19.5 Å². The lowest BCUT2D eigenvalue weighted by atomic mass is 10.1. The molecule has 2 aromatic carbocycles. The predicted molar refractivity (Wildman–Crippen MR) is 110 cm³/mol. The predicted octanol–water partition coefficient (Wildman–Crippen LogP) is 2.20. The number of nitrogens with zero attached hydrogens (tertiary/aromatic N) is 1. The Hall–Kier alpha value is -2.97. The topological polar surface area (TPSA) is 89.5 Å². The maximum absolute atomic E-state index is 12.6. The molecular weight excluding hydrogens is 396 g/mol. The van der Waals surface area contributed by atoms with Gasteiger partial charge in [0.15, 0.2) is 0 Å². The summed E-state index contributed by atoms with van der Waals surface area (Å²) in [5.74, 6) is -2.16. The van der Waals surface area contributed by atoms with Gasteiger partial charge in [0.2, 0.25) is 5.91 Å². The van der Waals surface area contributed by atoms with Gasteiger partial charge in [0.05, 0.1) is 10.9 Å². The van der Waals surface area contributed by atoms with E-state index in [4.69, 9.17) is 12.2 Å². The number of carboxylic acids is 1. The number of thiocarbonyl (C=S) groups is 1. The van der Waals surface area contributed by atoms with Crippen LogP contribution in [0, 0.1) is 6.92 Å². The van der Waals surface area contributed by atoms with E-state index in [9.17, 15) is 19.5 Å². The number of hydrogen-bond donors (Lipinski definition) is 1. The van der Waals surface area contributed by atoms with Gasteiger partial charge in [0.25, 0.3) is 5.91 Å². The lowest BCUT2D eigenvalue weighted by molar-refractivity contribution is -0.255. The molecule has 2 aromatic rings. The number of rotatable bonds is 5. The minimum absolute atomic E-state index is 0.0514. The number of carbonyl (C=O) groups excluding carboxylic acids is 3. The molecule has 2 amide bonds. The zero-order chi connectivity index (χ0) is 20.3. The molecule has 1 aliphatic rings. The van der Waals surface area contributed by atoms with Crippen LogP contribution in [0.1, 0.15) is 21.5 Å². The van der Waals surface area contributed by atoms with Gasteiger partial charge in [-0.1, -0.05) is 65.9 Å². The van der Waals surface area contributed by atoms with Crippen molar-refractivity contribution in [2.75, 3.05) is 11.9 Å².